The van der Waals surface area contributed by atoms with Gasteiger partial charge in [-0.05, 0) is 70.8 Å². The third-order valence-electron chi connectivity index (χ3n) is 9.49. The van der Waals surface area contributed by atoms with Crippen molar-refractivity contribution in [2.45, 2.75) is 0 Å². The average molecular weight is 655 g/mol. The highest BCUT2D eigenvalue weighted by atomic mass is 32.1. The molecule has 0 aliphatic rings. The molecule has 0 fully saturated rings. The van der Waals surface area contributed by atoms with Gasteiger partial charge in [-0.15, -0.1) is 45.3 Å². The maximum Gasteiger partial charge on any atom is 0.0534 e. The zero-order valence-electron chi connectivity index (χ0n) is 24.3. The smallest absolute Gasteiger partial charge is 0.0534 e. The molecule has 11 aromatic rings. The summed E-state index contributed by atoms with van der Waals surface area (Å²) in [5.41, 5.74) is 5.03. The van der Waals surface area contributed by atoms with Crippen LogP contribution in [0.5, 0.6) is 0 Å². The molecule has 0 spiro atoms. The minimum atomic E-state index is 1.25. The second kappa shape index (κ2) is 9.47. The van der Waals surface area contributed by atoms with Crippen LogP contribution >= 0.6 is 45.3 Å². The number of hydrogen-bond donors (Lipinski definition) is 0. The van der Waals surface area contributed by atoms with Crippen LogP contribution < -0.4 is 0 Å². The molecule has 4 aromatic heterocycles. The summed E-state index contributed by atoms with van der Waals surface area (Å²) < 4.78 is 11.0. The summed E-state index contributed by atoms with van der Waals surface area (Å²) in [6.45, 7) is 0. The molecular formula is C42H22S4. The summed E-state index contributed by atoms with van der Waals surface area (Å²) in [6.07, 6.45) is 0. The third-order valence-corrected chi connectivity index (χ3v) is 14.4. The van der Waals surface area contributed by atoms with Crippen molar-refractivity contribution >= 4 is 126 Å². The zero-order chi connectivity index (χ0) is 29.9. The molecule has 0 bridgehead atoms. The summed E-state index contributed by atoms with van der Waals surface area (Å²) in [5.74, 6) is 0. The summed E-state index contributed by atoms with van der Waals surface area (Å²) in [7, 11) is 0. The van der Waals surface area contributed by atoms with Crippen molar-refractivity contribution in [2.75, 3.05) is 0 Å². The average Bonchev–Trinajstić information content (AvgIpc) is 3.87. The lowest BCUT2D eigenvalue weighted by Gasteiger charge is -2.07. The predicted octanol–water partition coefficient (Wildman–Crippen LogP) is 14.5. The zero-order valence-corrected chi connectivity index (χ0v) is 27.6. The highest BCUT2D eigenvalue weighted by Crippen LogP contribution is 2.47. The van der Waals surface area contributed by atoms with E-state index in [0.717, 1.165) is 0 Å². The molecule has 46 heavy (non-hydrogen) atoms. The van der Waals surface area contributed by atoms with Crippen LogP contribution in [-0.2, 0) is 0 Å². The van der Waals surface area contributed by atoms with E-state index in [1.54, 1.807) is 0 Å². The van der Waals surface area contributed by atoms with Crippen molar-refractivity contribution in [3.05, 3.63) is 133 Å². The van der Waals surface area contributed by atoms with E-state index in [1.165, 1.54) is 103 Å². The van der Waals surface area contributed by atoms with Gasteiger partial charge in [0.15, 0.2) is 0 Å². The second-order valence-electron chi connectivity index (χ2n) is 12.0. The number of fused-ring (bicyclic) bond motifs is 14. The molecule has 0 aliphatic carbocycles. The molecule has 0 radical (unpaired) electrons. The molecule has 7 aromatic carbocycles. The molecule has 214 valence electrons. The number of benzene rings is 7. The fraction of sp³-hybridized carbons (Fsp3) is 0. The SMILES string of the molecule is c1cc(-c2ccc3sc4c(ccc5c6ccccc6sc54)c3c2)cc(-c2ccc3sc4c(ccc5sc6ccccc6c54)c3c2)c1. The van der Waals surface area contributed by atoms with Crippen molar-refractivity contribution < 1.29 is 0 Å². The number of thiophene rings is 4. The molecule has 0 atom stereocenters. The normalized spacial score (nSPS) is 12.3. The Hall–Kier alpha value is -4.58. The van der Waals surface area contributed by atoms with E-state index in [0.29, 0.717) is 0 Å². The van der Waals surface area contributed by atoms with Gasteiger partial charge in [-0.1, -0.05) is 84.9 Å². The molecule has 0 saturated heterocycles. The Balaban J connectivity index is 1.04. The van der Waals surface area contributed by atoms with Crippen molar-refractivity contribution in [3.8, 4) is 22.3 Å². The fourth-order valence-corrected chi connectivity index (χ4v) is 12.2. The molecule has 0 amide bonds. The lowest BCUT2D eigenvalue weighted by Crippen LogP contribution is -1.82. The van der Waals surface area contributed by atoms with Gasteiger partial charge >= 0.3 is 0 Å². The van der Waals surface area contributed by atoms with Gasteiger partial charge in [0, 0.05) is 71.3 Å². The molecule has 0 unspecified atom stereocenters. The first-order valence-electron chi connectivity index (χ1n) is 15.4. The summed E-state index contributed by atoms with van der Waals surface area (Å²) in [6, 6.07) is 50.0. The Morgan fingerprint density at radius 1 is 0.261 bits per heavy atom. The molecule has 0 nitrogen and oxygen atoms in total. The Labute approximate surface area is 280 Å². The van der Waals surface area contributed by atoms with Gasteiger partial charge in [0.05, 0.1) is 9.40 Å². The van der Waals surface area contributed by atoms with Gasteiger partial charge in [0.2, 0.25) is 0 Å². The molecule has 0 aliphatic heterocycles. The Kier molecular flexibility index (Phi) is 5.27. The second-order valence-corrected chi connectivity index (χ2v) is 16.3. The quantitative estimate of drug-likeness (QED) is 0.174. The first-order chi connectivity index (χ1) is 22.8. The lowest BCUT2D eigenvalue weighted by molar-refractivity contribution is 1.62. The van der Waals surface area contributed by atoms with Gasteiger partial charge in [-0.25, -0.2) is 0 Å². The summed E-state index contributed by atoms with van der Waals surface area (Å²) in [4.78, 5) is 0. The highest BCUT2D eigenvalue weighted by Gasteiger charge is 2.16. The van der Waals surface area contributed by atoms with E-state index in [-0.39, 0.29) is 0 Å². The molecule has 4 heteroatoms. The first kappa shape index (κ1) is 25.6. The van der Waals surface area contributed by atoms with Gasteiger partial charge in [0.25, 0.3) is 0 Å². The standard InChI is InChI=1S/C42H22S4/c1-3-10-34-27(8-1)28-14-15-30-33-22-26(13-18-37(33)46-42(30)41(28)45-34)24-7-5-6-23(20-24)25-12-17-36-32(21-25)29-16-19-38-39(40(29)44-36)31-9-2-4-11-35(31)43-38/h1-22H. The minimum absolute atomic E-state index is 1.25. The van der Waals surface area contributed by atoms with E-state index >= 15 is 0 Å². The van der Waals surface area contributed by atoms with Crippen LogP contribution in [0.1, 0.15) is 0 Å². The van der Waals surface area contributed by atoms with Crippen molar-refractivity contribution in [2.24, 2.45) is 0 Å². The van der Waals surface area contributed by atoms with Gasteiger partial charge < -0.3 is 0 Å². The van der Waals surface area contributed by atoms with Crippen LogP contribution in [0.2, 0.25) is 0 Å². The lowest BCUT2D eigenvalue weighted by atomic mass is 9.97. The van der Waals surface area contributed by atoms with Crippen LogP contribution in [0.25, 0.3) is 103 Å². The Bertz CT molecular complexity index is 3030. The van der Waals surface area contributed by atoms with E-state index < -0.39 is 0 Å². The first-order valence-corrected chi connectivity index (χ1v) is 18.7. The van der Waals surface area contributed by atoms with Crippen LogP contribution in [0.15, 0.2) is 133 Å². The Morgan fingerprint density at radius 3 is 1.43 bits per heavy atom. The van der Waals surface area contributed by atoms with E-state index in [2.05, 4.69) is 133 Å². The van der Waals surface area contributed by atoms with Gasteiger partial charge in [0.1, 0.15) is 0 Å². The van der Waals surface area contributed by atoms with Crippen LogP contribution in [0.4, 0.5) is 0 Å². The number of hydrogen-bond acceptors (Lipinski definition) is 4. The largest absolute Gasteiger partial charge is 0.135 e. The topological polar surface area (TPSA) is 0 Å². The van der Waals surface area contributed by atoms with Crippen molar-refractivity contribution in [3.63, 3.8) is 0 Å². The van der Waals surface area contributed by atoms with Crippen LogP contribution in [-0.4, -0.2) is 0 Å². The number of rotatable bonds is 2. The summed E-state index contributed by atoms with van der Waals surface area (Å²) in [5, 5.41) is 10.9. The minimum Gasteiger partial charge on any atom is -0.135 e. The molecule has 11 rings (SSSR count). The van der Waals surface area contributed by atoms with E-state index in [9.17, 15) is 0 Å². The monoisotopic (exact) mass is 654 g/mol. The van der Waals surface area contributed by atoms with E-state index in [1.807, 2.05) is 45.3 Å². The maximum absolute atomic E-state index is 2.40. The van der Waals surface area contributed by atoms with Gasteiger partial charge in [-0.2, -0.15) is 0 Å². The van der Waals surface area contributed by atoms with Gasteiger partial charge in [-0.3, -0.25) is 0 Å². The maximum atomic E-state index is 2.40. The highest BCUT2D eigenvalue weighted by molar-refractivity contribution is 7.33. The van der Waals surface area contributed by atoms with Crippen molar-refractivity contribution in [1.29, 1.82) is 0 Å². The molecule has 0 saturated carbocycles. The summed E-state index contributed by atoms with van der Waals surface area (Å²) >= 11 is 7.67. The molecule has 0 N–H and O–H groups in total. The molecule has 4 heterocycles. The Morgan fingerprint density at radius 2 is 0.739 bits per heavy atom. The fourth-order valence-electron chi connectivity index (χ4n) is 7.30. The predicted molar refractivity (Wildman–Crippen MR) is 209 cm³/mol. The van der Waals surface area contributed by atoms with E-state index in [4.69, 9.17) is 0 Å². The third kappa shape index (κ3) is 3.58. The van der Waals surface area contributed by atoms with Crippen molar-refractivity contribution in [1.82, 2.24) is 0 Å². The van der Waals surface area contributed by atoms with Crippen LogP contribution in [0, 0.1) is 0 Å². The van der Waals surface area contributed by atoms with Crippen LogP contribution in [0.3, 0.4) is 0 Å². The molecular weight excluding hydrogens is 633 g/mol.